The number of likely N-dealkylation sites (tertiary alicyclic amines) is 1. The van der Waals surface area contributed by atoms with E-state index in [1.54, 1.807) is 17.0 Å². The van der Waals surface area contributed by atoms with E-state index < -0.39 is 9.84 Å². The standard InChI is InChI=1S/C14H19NO4S/c1-20(18,19)13-6-2-5-12(8-13)14(17)15-7-3-4-11(9-15)10-16/h2,5-6,8,11,16H,3-4,7,9-10H2,1H3. The largest absolute Gasteiger partial charge is 0.396 e. The Kier molecular flexibility index (Phi) is 4.45. The van der Waals surface area contributed by atoms with Gasteiger partial charge >= 0.3 is 0 Å². The van der Waals surface area contributed by atoms with Gasteiger partial charge in [-0.25, -0.2) is 8.42 Å². The lowest BCUT2D eigenvalue weighted by molar-refractivity contribution is 0.0620. The smallest absolute Gasteiger partial charge is 0.253 e. The minimum atomic E-state index is -3.32. The van der Waals surface area contributed by atoms with Crippen LogP contribution in [0.25, 0.3) is 0 Å². The number of rotatable bonds is 3. The molecule has 2 rings (SSSR count). The minimum Gasteiger partial charge on any atom is -0.396 e. The van der Waals surface area contributed by atoms with Gasteiger partial charge < -0.3 is 10.0 Å². The molecule has 110 valence electrons. The summed E-state index contributed by atoms with van der Waals surface area (Å²) in [7, 11) is -3.32. The molecule has 1 saturated heterocycles. The van der Waals surface area contributed by atoms with Gasteiger partial charge in [-0.05, 0) is 37.0 Å². The van der Waals surface area contributed by atoms with E-state index in [4.69, 9.17) is 0 Å². The van der Waals surface area contributed by atoms with E-state index in [1.165, 1.54) is 12.1 Å². The van der Waals surface area contributed by atoms with Crippen molar-refractivity contribution in [3.63, 3.8) is 0 Å². The fraction of sp³-hybridized carbons (Fsp3) is 0.500. The molecule has 1 amide bonds. The van der Waals surface area contributed by atoms with Gasteiger partial charge in [-0.1, -0.05) is 6.07 Å². The van der Waals surface area contributed by atoms with E-state index >= 15 is 0 Å². The zero-order valence-electron chi connectivity index (χ0n) is 11.4. The molecule has 20 heavy (non-hydrogen) atoms. The molecule has 1 aromatic rings. The van der Waals surface area contributed by atoms with Crippen LogP contribution in [0.15, 0.2) is 29.2 Å². The molecule has 1 aliphatic heterocycles. The van der Waals surface area contributed by atoms with Crippen molar-refractivity contribution in [1.82, 2.24) is 4.90 Å². The fourth-order valence-electron chi connectivity index (χ4n) is 2.44. The highest BCUT2D eigenvalue weighted by Crippen LogP contribution is 2.19. The van der Waals surface area contributed by atoms with Crippen LogP contribution < -0.4 is 0 Å². The van der Waals surface area contributed by atoms with Crippen molar-refractivity contribution < 1.29 is 18.3 Å². The molecule has 1 aromatic carbocycles. The van der Waals surface area contributed by atoms with Gasteiger partial charge in [0.15, 0.2) is 9.84 Å². The average Bonchev–Trinajstić information content (AvgIpc) is 2.46. The van der Waals surface area contributed by atoms with E-state index in [0.717, 1.165) is 19.1 Å². The monoisotopic (exact) mass is 297 g/mol. The number of hydrogen-bond acceptors (Lipinski definition) is 4. The second kappa shape index (κ2) is 5.93. The molecule has 1 aliphatic rings. The Morgan fingerprint density at radius 3 is 2.85 bits per heavy atom. The molecule has 1 atom stereocenters. The lowest BCUT2D eigenvalue weighted by atomic mass is 9.98. The van der Waals surface area contributed by atoms with Crippen molar-refractivity contribution in [3.05, 3.63) is 29.8 Å². The molecule has 1 unspecified atom stereocenters. The normalized spacial score (nSPS) is 19.9. The average molecular weight is 297 g/mol. The molecular weight excluding hydrogens is 278 g/mol. The van der Waals surface area contributed by atoms with Gasteiger partial charge in [0.2, 0.25) is 0 Å². The Balaban J connectivity index is 2.21. The van der Waals surface area contributed by atoms with Crippen molar-refractivity contribution in [2.45, 2.75) is 17.7 Å². The van der Waals surface area contributed by atoms with Crippen molar-refractivity contribution in [3.8, 4) is 0 Å². The zero-order chi connectivity index (χ0) is 14.8. The Labute approximate surface area is 119 Å². The summed E-state index contributed by atoms with van der Waals surface area (Å²) in [5, 5.41) is 9.19. The predicted molar refractivity (Wildman–Crippen MR) is 75.3 cm³/mol. The van der Waals surface area contributed by atoms with E-state index in [1.807, 2.05) is 0 Å². The maximum atomic E-state index is 12.4. The Morgan fingerprint density at radius 2 is 2.20 bits per heavy atom. The van der Waals surface area contributed by atoms with Gasteiger partial charge in [0.05, 0.1) is 4.90 Å². The summed E-state index contributed by atoms with van der Waals surface area (Å²) in [6.07, 6.45) is 2.91. The summed E-state index contributed by atoms with van der Waals surface area (Å²) in [6.45, 7) is 1.25. The number of aliphatic hydroxyl groups is 1. The molecule has 0 aliphatic carbocycles. The number of nitrogens with zero attached hydrogens (tertiary/aromatic N) is 1. The summed E-state index contributed by atoms with van der Waals surface area (Å²) in [5.74, 6) is -0.0561. The van der Waals surface area contributed by atoms with Gasteiger partial charge in [0.1, 0.15) is 0 Å². The second-order valence-corrected chi connectivity index (χ2v) is 7.26. The maximum Gasteiger partial charge on any atom is 0.253 e. The minimum absolute atomic E-state index is 0.0765. The predicted octanol–water partition coefficient (Wildman–Crippen LogP) is 0.935. The van der Waals surface area contributed by atoms with E-state index in [0.29, 0.717) is 18.7 Å². The first-order chi connectivity index (χ1) is 9.41. The molecule has 1 fully saturated rings. The summed E-state index contributed by atoms with van der Waals surface area (Å²) < 4.78 is 23.0. The third-order valence-corrected chi connectivity index (χ3v) is 4.68. The van der Waals surface area contributed by atoms with E-state index in [9.17, 15) is 18.3 Å². The zero-order valence-corrected chi connectivity index (χ0v) is 12.3. The van der Waals surface area contributed by atoms with Gasteiger partial charge in [-0.15, -0.1) is 0 Å². The molecule has 0 radical (unpaired) electrons. The van der Waals surface area contributed by atoms with Crippen molar-refractivity contribution in [2.24, 2.45) is 5.92 Å². The van der Waals surface area contributed by atoms with Gasteiger partial charge in [0, 0.05) is 31.5 Å². The molecule has 6 heteroatoms. The Morgan fingerprint density at radius 1 is 1.45 bits per heavy atom. The van der Waals surface area contributed by atoms with Gasteiger partial charge in [-0.2, -0.15) is 0 Å². The van der Waals surface area contributed by atoms with Crippen LogP contribution >= 0.6 is 0 Å². The van der Waals surface area contributed by atoms with Crippen LogP contribution in [0.4, 0.5) is 0 Å². The van der Waals surface area contributed by atoms with Crippen LogP contribution in [-0.2, 0) is 9.84 Å². The number of carbonyl (C=O) groups excluding carboxylic acids is 1. The SMILES string of the molecule is CS(=O)(=O)c1cccc(C(=O)N2CCCC(CO)C2)c1. The number of amides is 1. The Bertz CT molecular complexity index is 597. The van der Waals surface area contributed by atoms with Crippen LogP contribution in [0, 0.1) is 5.92 Å². The number of piperidine rings is 1. The highest BCUT2D eigenvalue weighted by atomic mass is 32.2. The fourth-order valence-corrected chi connectivity index (χ4v) is 3.11. The third-order valence-electron chi connectivity index (χ3n) is 3.57. The van der Waals surface area contributed by atoms with Crippen LogP contribution in [-0.4, -0.2) is 50.3 Å². The molecule has 0 spiro atoms. The summed E-state index contributed by atoms with van der Waals surface area (Å²) in [5.41, 5.74) is 0.381. The van der Waals surface area contributed by atoms with Crippen molar-refractivity contribution in [1.29, 1.82) is 0 Å². The van der Waals surface area contributed by atoms with Gasteiger partial charge in [-0.3, -0.25) is 4.79 Å². The first-order valence-electron chi connectivity index (χ1n) is 6.62. The summed E-state index contributed by atoms with van der Waals surface area (Å²) >= 11 is 0. The maximum absolute atomic E-state index is 12.4. The van der Waals surface area contributed by atoms with E-state index in [-0.39, 0.29) is 23.3 Å². The molecular formula is C14H19NO4S. The quantitative estimate of drug-likeness (QED) is 0.901. The molecule has 0 bridgehead atoms. The third kappa shape index (κ3) is 3.37. The lowest BCUT2D eigenvalue weighted by Gasteiger charge is -2.32. The van der Waals surface area contributed by atoms with Crippen LogP contribution in [0.3, 0.4) is 0 Å². The molecule has 1 N–H and O–H groups in total. The highest BCUT2D eigenvalue weighted by molar-refractivity contribution is 7.90. The highest BCUT2D eigenvalue weighted by Gasteiger charge is 2.24. The second-order valence-electron chi connectivity index (χ2n) is 5.24. The number of hydrogen-bond donors (Lipinski definition) is 1. The van der Waals surface area contributed by atoms with Crippen molar-refractivity contribution >= 4 is 15.7 Å². The van der Waals surface area contributed by atoms with Gasteiger partial charge in [0.25, 0.3) is 5.91 Å². The topological polar surface area (TPSA) is 74.7 Å². The Hall–Kier alpha value is -1.40. The molecule has 1 heterocycles. The summed E-state index contributed by atoms with van der Waals surface area (Å²) in [4.78, 5) is 14.2. The number of aliphatic hydroxyl groups excluding tert-OH is 1. The van der Waals surface area contributed by atoms with Crippen molar-refractivity contribution in [2.75, 3.05) is 26.0 Å². The molecule has 0 aromatic heterocycles. The van der Waals surface area contributed by atoms with E-state index in [2.05, 4.69) is 0 Å². The number of benzene rings is 1. The first-order valence-corrected chi connectivity index (χ1v) is 8.51. The summed E-state index contributed by atoms with van der Waals surface area (Å²) in [6, 6.07) is 6.11. The first kappa shape index (κ1) is 15.0. The molecule has 5 nitrogen and oxygen atoms in total. The number of carbonyl (C=O) groups is 1. The lowest BCUT2D eigenvalue weighted by Crippen LogP contribution is -2.40. The van der Waals surface area contributed by atoms with Crippen LogP contribution in [0.5, 0.6) is 0 Å². The van der Waals surface area contributed by atoms with Crippen LogP contribution in [0.1, 0.15) is 23.2 Å². The van der Waals surface area contributed by atoms with Crippen LogP contribution in [0.2, 0.25) is 0 Å². The molecule has 0 saturated carbocycles. The number of sulfone groups is 1.